The van der Waals surface area contributed by atoms with E-state index in [0.717, 1.165) is 44.3 Å². The highest BCUT2D eigenvalue weighted by atomic mass is 127. The molecule has 0 aromatic heterocycles. The first kappa shape index (κ1) is 22.2. The summed E-state index contributed by atoms with van der Waals surface area (Å²) < 4.78 is 5.42. The largest absolute Gasteiger partial charge is 0.497 e. The van der Waals surface area contributed by atoms with Crippen molar-refractivity contribution in [2.75, 3.05) is 46.4 Å². The van der Waals surface area contributed by atoms with E-state index in [1.807, 2.05) is 6.07 Å². The molecule has 0 amide bonds. The molecule has 0 spiro atoms. The number of hydrogen-bond donors (Lipinski definition) is 2. The predicted octanol–water partition coefficient (Wildman–Crippen LogP) is 2.48. The minimum Gasteiger partial charge on any atom is -0.497 e. The topological polar surface area (TPSA) is 60.3 Å². The molecular formula is C20H33IN4O2. The van der Waals surface area contributed by atoms with E-state index in [0.29, 0.717) is 13.1 Å². The zero-order chi connectivity index (χ0) is 18.4. The Labute approximate surface area is 180 Å². The SMILES string of the molecule is CCNC(=NCC(c1cccc(OC)c1)N1CCCC1)N1CC[C@@H](O)C1.I. The summed E-state index contributed by atoms with van der Waals surface area (Å²) in [5.41, 5.74) is 1.26. The van der Waals surface area contributed by atoms with E-state index in [-0.39, 0.29) is 36.1 Å². The Morgan fingerprint density at radius 1 is 1.33 bits per heavy atom. The van der Waals surface area contributed by atoms with Crippen molar-refractivity contribution in [3.63, 3.8) is 0 Å². The summed E-state index contributed by atoms with van der Waals surface area (Å²) in [5.74, 6) is 1.81. The number of hydrogen-bond acceptors (Lipinski definition) is 4. The lowest BCUT2D eigenvalue weighted by Crippen LogP contribution is -2.41. The van der Waals surface area contributed by atoms with Crippen molar-refractivity contribution in [1.29, 1.82) is 0 Å². The highest BCUT2D eigenvalue weighted by Crippen LogP contribution is 2.28. The van der Waals surface area contributed by atoms with Crippen molar-refractivity contribution < 1.29 is 9.84 Å². The number of methoxy groups -OCH3 is 1. The van der Waals surface area contributed by atoms with Crippen molar-refractivity contribution in [1.82, 2.24) is 15.1 Å². The van der Waals surface area contributed by atoms with E-state index in [9.17, 15) is 5.11 Å². The molecule has 6 nitrogen and oxygen atoms in total. The van der Waals surface area contributed by atoms with Crippen LogP contribution in [0.2, 0.25) is 0 Å². The van der Waals surface area contributed by atoms with Crippen LogP contribution in [0.25, 0.3) is 0 Å². The fourth-order valence-electron chi connectivity index (χ4n) is 3.87. The van der Waals surface area contributed by atoms with E-state index < -0.39 is 0 Å². The van der Waals surface area contributed by atoms with Crippen LogP contribution in [0, 0.1) is 0 Å². The average molecular weight is 488 g/mol. The Bertz CT molecular complexity index is 607. The van der Waals surface area contributed by atoms with E-state index in [1.165, 1.54) is 18.4 Å². The first-order valence-corrected chi connectivity index (χ1v) is 9.80. The van der Waals surface area contributed by atoms with Gasteiger partial charge in [-0.1, -0.05) is 12.1 Å². The summed E-state index contributed by atoms with van der Waals surface area (Å²) in [4.78, 5) is 9.64. The summed E-state index contributed by atoms with van der Waals surface area (Å²) in [7, 11) is 1.71. The van der Waals surface area contributed by atoms with Gasteiger partial charge in [0.1, 0.15) is 5.75 Å². The lowest BCUT2D eigenvalue weighted by Gasteiger charge is -2.28. The van der Waals surface area contributed by atoms with Gasteiger partial charge in [0, 0.05) is 19.6 Å². The molecule has 1 unspecified atom stereocenters. The molecule has 2 aliphatic rings. The molecule has 2 fully saturated rings. The van der Waals surface area contributed by atoms with Gasteiger partial charge in [0.15, 0.2) is 5.96 Å². The van der Waals surface area contributed by atoms with Crippen molar-refractivity contribution in [2.24, 2.45) is 4.99 Å². The highest BCUT2D eigenvalue weighted by molar-refractivity contribution is 14.0. The number of nitrogens with zero attached hydrogens (tertiary/aromatic N) is 3. The summed E-state index contributed by atoms with van der Waals surface area (Å²) in [6.07, 6.45) is 3.08. The minimum absolute atomic E-state index is 0. The van der Waals surface area contributed by atoms with Crippen LogP contribution in [0.15, 0.2) is 29.3 Å². The van der Waals surface area contributed by atoms with Gasteiger partial charge >= 0.3 is 0 Å². The zero-order valence-corrected chi connectivity index (χ0v) is 18.8. The van der Waals surface area contributed by atoms with Crippen LogP contribution < -0.4 is 10.1 Å². The predicted molar refractivity (Wildman–Crippen MR) is 120 cm³/mol. The normalized spacial score (nSPS) is 21.8. The number of halogens is 1. The molecule has 2 heterocycles. The number of β-amino-alcohol motifs (C(OH)–C–C–N with tert-alkyl or cyclic N) is 1. The number of nitrogens with one attached hydrogen (secondary N) is 1. The van der Waals surface area contributed by atoms with Crippen molar-refractivity contribution in [3.8, 4) is 5.75 Å². The molecule has 7 heteroatoms. The Kier molecular flexibility index (Phi) is 9.11. The zero-order valence-electron chi connectivity index (χ0n) is 16.4. The van der Waals surface area contributed by atoms with Crippen LogP contribution >= 0.6 is 24.0 Å². The number of likely N-dealkylation sites (tertiary alicyclic amines) is 2. The second-order valence-corrected chi connectivity index (χ2v) is 7.12. The van der Waals surface area contributed by atoms with E-state index in [1.54, 1.807) is 7.11 Å². The fraction of sp³-hybridized carbons (Fsp3) is 0.650. The fourth-order valence-corrected chi connectivity index (χ4v) is 3.87. The third-order valence-corrected chi connectivity index (χ3v) is 5.27. The van der Waals surface area contributed by atoms with E-state index >= 15 is 0 Å². The first-order valence-electron chi connectivity index (χ1n) is 9.80. The first-order chi connectivity index (χ1) is 12.7. The van der Waals surface area contributed by atoms with Crippen LogP contribution in [0.4, 0.5) is 0 Å². The Morgan fingerprint density at radius 3 is 2.74 bits per heavy atom. The van der Waals surface area contributed by atoms with Crippen LogP contribution in [0.3, 0.4) is 0 Å². The molecule has 2 saturated heterocycles. The maximum absolute atomic E-state index is 9.86. The Morgan fingerprint density at radius 2 is 2.11 bits per heavy atom. The number of aliphatic hydroxyl groups excluding tert-OH is 1. The maximum atomic E-state index is 9.86. The standard InChI is InChI=1S/C20H32N4O2.HI/c1-3-21-20(24-12-9-17(25)15-24)22-14-19(23-10-4-5-11-23)16-7-6-8-18(13-16)26-2;/h6-8,13,17,19,25H,3-5,9-12,14-15H2,1-2H3,(H,21,22);1H/t17-,19?;/m1./s1. The number of guanidine groups is 1. The molecule has 2 aliphatic heterocycles. The average Bonchev–Trinajstić information content (AvgIpc) is 3.33. The van der Waals surface area contributed by atoms with Crippen molar-refractivity contribution >= 4 is 29.9 Å². The van der Waals surface area contributed by atoms with Crippen molar-refractivity contribution in [3.05, 3.63) is 29.8 Å². The lowest BCUT2D eigenvalue weighted by atomic mass is 10.1. The molecule has 27 heavy (non-hydrogen) atoms. The molecule has 152 valence electrons. The number of aliphatic hydroxyl groups is 1. The van der Waals surface area contributed by atoms with E-state index in [4.69, 9.17) is 9.73 Å². The van der Waals surface area contributed by atoms with Gasteiger partial charge in [0.05, 0.1) is 25.8 Å². The molecule has 1 aromatic carbocycles. The summed E-state index contributed by atoms with van der Waals surface area (Å²) in [6.45, 7) is 7.40. The second-order valence-electron chi connectivity index (χ2n) is 7.12. The van der Waals surface area contributed by atoms with Crippen LogP contribution in [-0.2, 0) is 0 Å². The van der Waals surface area contributed by atoms with Gasteiger partial charge in [-0.2, -0.15) is 0 Å². The molecule has 2 N–H and O–H groups in total. The van der Waals surface area contributed by atoms with Gasteiger partial charge in [-0.05, 0) is 57.0 Å². The monoisotopic (exact) mass is 488 g/mol. The molecule has 1 aromatic rings. The highest BCUT2D eigenvalue weighted by Gasteiger charge is 2.26. The molecule has 0 radical (unpaired) electrons. The Balaban J connectivity index is 0.00000261. The van der Waals surface area contributed by atoms with Crippen molar-refractivity contribution in [2.45, 2.75) is 38.3 Å². The van der Waals surface area contributed by atoms with Crippen LogP contribution in [-0.4, -0.2) is 73.3 Å². The van der Waals surface area contributed by atoms with Gasteiger partial charge in [-0.15, -0.1) is 24.0 Å². The van der Waals surface area contributed by atoms with E-state index in [2.05, 4.69) is 40.2 Å². The number of ether oxygens (including phenoxy) is 1. The van der Waals surface area contributed by atoms with Gasteiger partial charge in [0.2, 0.25) is 0 Å². The molecule has 0 aliphatic carbocycles. The molecule has 0 saturated carbocycles. The molecule has 0 bridgehead atoms. The molecular weight excluding hydrogens is 455 g/mol. The van der Waals surface area contributed by atoms with Gasteiger partial charge in [-0.3, -0.25) is 9.89 Å². The Hall–Kier alpha value is -1.06. The molecule has 3 rings (SSSR count). The maximum Gasteiger partial charge on any atom is 0.194 e. The summed E-state index contributed by atoms with van der Waals surface area (Å²) >= 11 is 0. The third kappa shape index (κ3) is 5.96. The van der Waals surface area contributed by atoms with Gasteiger partial charge in [-0.25, -0.2) is 0 Å². The van der Waals surface area contributed by atoms with Gasteiger partial charge in [0.25, 0.3) is 0 Å². The smallest absolute Gasteiger partial charge is 0.194 e. The minimum atomic E-state index is -0.244. The number of rotatable bonds is 6. The van der Waals surface area contributed by atoms with Gasteiger partial charge < -0.3 is 20.1 Å². The van der Waals surface area contributed by atoms with Crippen LogP contribution in [0.5, 0.6) is 5.75 Å². The van der Waals surface area contributed by atoms with Crippen LogP contribution in [0.1, 0.15) is 37.8 Å². The quantitative estimate of drug-likeness (QED) is 0.366. The third-order valence-electron chi connectivity index (χ3n) is 5.27. The summed E-state index contributed by atoms with van der Waals surface area (Å²) in [6, 6.07) is 8.61. The number of aliphatic imine (C=N–C) groups is 1. The number of benzene rings is 1. The summed E-state index contributed by atoms with van der Waals surface area (Å²) in [5, 5.41) is 13.2. The lowest BCUT2D eigenvalue weighted by molar-refractivity contribution is 0.187. The molecule has 2 atom stereocenters. The second kappa shape index (κ2) is 11.1.